The number of pyridine rings is 1. The second-order valence-electron chi connectivity index (χ2n) is 3.23. The van der Waals surface area contributed by atoms with E-state index in [2.05, 4.69) is 4.98 Å². The highest BCUT2D eigenvalue weighted by atomic mass is 32.2. The summed E-state index contributed by atoms with van der Waals surface area (Å²) in [5, 5.41) is 0. The van der Waals surface area contributed by atoms with Crippen molar-refractivity contribution in [1.29, 1.82) is 0 Å². The van der Waals surface area contributed by atoms with Gasteiger partial charge in [-0.1, -0.05) is 18.2 Å². The van der Waals surface area contributed by atoms with Crippen molar-refractivity contribution in [3.8, 4) is 0 Å². The third-order valence-electron chi connectivity index (χ3n) is 2.17. The average Bonchev–Trinajstić information content (AvgIpc) is 2.29. The van der Waals surface area contributed by atoms with Crippen molar-refractivity contribution in [3.63, 3.8) is 0 Å². The lowest BCUT2D eigenvalue weighted by Gasteiger charge is -2.26. The minimum atomic E-state index is -4.27. The number of rotatable bonds is 2. The van der Waals surface area contributed by atoms with E-state index < -0.39 is 16.3 Å². The number of hydrogen-bond donors (Lipinski definition) is 1. The van der Waals surface area contributed by atoms with Crippen molar-refractivity contribution >= 4 is 10.3 Å². The summed E-state index contributed by atoms with van der Waals surface area (Å²) < 4.78 is 32.2. The fraction of sp³-hybridized carbons (Fsp3) is 0.100. The summed E-state index contributed by atoms with van der Waals surface area (Å²) in [5.74, 6) is 0. The molecular formula is C10H10N2O3S. The molecule has 0 bridgehead atoms. The maximum atomic E-state index is 11.1. The molecule has 1 N–H and O–H groups in total. The van der Waals surface area contributed by atoms with Crippen LogP contribution in [0.25, 0.3) is 0 Å². The molecule has 5 nitrogen and oxygen atoms in total. The SMILES string of the molecule is O=S(=O)(O)N1C=CC=CC1c1ccccn1. The topological polar surface area (TPSA) is 70.5 Å². The molecule has 0 radical (unpaired) electrons. The Balaban J connectivity index is 2.40. The molecule has 0 saturated heterocycles. The van der Waals surface area contributed by atoms with Gasteiger partial charge in [0.05, 0.1) is 5.69 Å². The number of hydrogen-bond acceptors (Lipinski definition) is 3. The molecule has 2 heterocycles. The summed E-state index contributed by atoms with van der Waals surface area (Å²) >= 11 is 0. The third-order valence-corrected chi connectivity index (χ3v) is 3.05. The van der Waals surface area contributed by atoms with Gasteiger partial charge in [-0.05, 0) is 18.2 Å². The van der Waals surface area contributed by atoms with Gasteiger partial charge in [0.15, 0.2) is 0 Å². The van der Waals surface area contributed by atoms with E-state index >= 15 is 0 Å². The second-order valence-corrected chi connectivity index (χ2v) is 4.55. The lowest BCUT2D eigenvalue weighted by molar-refractivity contribution is 0.376. The highest BCUT2D eigenvalue weighted by Gasteiger charge is 2.26. The van der Waals surface area contributed by atoms with Gasteiger partial charge in [-0.15, -0.1) is 0 Å². The largest absolute Gasteiger partial charge is 0.360 e. The Kier molecular flexibility index (Phi) is 2.76. The smallest absolute Gasteiger partial charge is 0.269 e. The molecule has 1 aromatic heterocycles. The summed E-state index contributed by atoms with van der Waals surface area (Å²) in [7, 11) is -4.27. The molecule has 0 spiro atoms. The molecule has 0 saturated carbocycles. The molecule has 0 amide bonds. The molecule has 0 aliphatic carbocycles. The van der Waals surface area contributed by atoms with Crippen LogP contribution < -0.4 is 0 Å². The Hall–Kier alpha value is -1.66. The Morgan fingerprint density at radius 1 is 1.31 bits per heavy atom. The quantitative estimate of drug-likeness (QED) is 0.789. The van der Waals surface area contributed by atoms with Crippen LogP contribution in [-0.4, -0.2) is 22.3 Å². The Morgan fingerprint density at radius 3 is 2.75 bits per heavy atom. The summed E-state index contributed by atoms with van der Waals surface area (Å²) in [6.45, 7) is 0. The van der Waals surface area contributed by atoms with Gasteiger partial charge in [0.2, 0.25) is 0 Å². The van der Waals surface area contributed by atoms with Crippen molar-refractivity contribution in [2.45, 2.75) is 6.04 Å². The molecule has 0 aromatic carbocycles. The minimum absolute atomic E-state index is 0.556. The van der Waals surface area contributed by atoms with Crippen molar-refractivity contribution in [2.24, 2.45) is 0 Å². The van der Waals surface area contributed by atoms with Crippen LogP contribution in [0.3, 0.4) is 0 Å². The first-order valence-electron chi connectivity index (χ1n) is 4.61. The van der Waals surface area contributed by atoms with E-state index in [1.807, 2.05) is 0 Å². The van der Waals surface area contributed by atoms with Crippen molar-refractivity contribution < 1.29 is 13.0 Å². The molecule has 2 rings (SSSR count). The summed E-state index contributed by atoms with van der Waals surface area (Å²) in [4.78, 5) is 4.06. The van der Waals surface area contributed by atoms with Gasteiger partial charge in [0.1, 0.15) is 6.04 Å². The molecule has 6 heteroatoms. The molecule has 16 heavy (non-hydrogen) atoms. The lowest BCUT2D eigenvalue weighted by Crippen LogP contribution is -2.30. The van der Waals surface area contributed by atoms with Crippen LogP contribution in [0.5, 0.6) is 0 Å². The molecule has 1 aliphatic rings. The van der Waals surface area contributed by atoms with E-state index in [9.17, 15) is 8.42 Å². The fourth-order valence-electron chi connectivity index (χ4n) is 1.48. The first-order valence-corrected chi connectivity index (χ1v) is 6.00. The van der Waals surface area contributed by atoms with E-state index in [4.69, 9.17) is 4.55 Å². The van der Waals surface area contributed by atoms with Crippen LogP contribution in [0, 0.1) is 0 Å². The van der Waals surface area contributed by atoms with E-state index in [0.717, 1.165) is 4.31 Å². The van der Waals surface area contributed by atoms with E-state index in [1.165, 1.54) is 12.3 Å². The average molecular weight is 238 g/mol. The maximum absolute atomic E-state index is 11.1. The highest BCUT2D eigenvalue weighted by molar-refractivity contribution is 7.83. The van der Waals surface area contributed by atoms with E-state index in [1.54, 1.807) is 36.5 Å². The maximum Gasteiger partial charge on any atom is 0.360 e. The molecular weight excluding hydrogens is 228 g/mol. The van der Waals surface area contributed by atoms with E-state index in [0.29, 0.717) is 5.69 Å². The van der Waals surface area contributed by atoms with Crippen molar-refractivity contribution in [1.82, 2.24) is 9.29 Å². The first kappa shape index (κ1) is 10.8. The lowest BCUT2D eigenvalue weighted by atomic mass is 10.1. The van der Waals surface area contributed by atoms with E-state index in [-0.39, 0.29) is 0 Å². The number of nitrogens with zero attached hydrogens (tertiary/aromatic N) is 2. The van der Waals surface area contributed by atoms with Crippen LogP contribution in [0.15, 0.2) is 48.8 Å². The molecule has 84 valence electrons. The van der Waals surface area contributed by atoms with Gasteiger partial charge in [0.25, 0.3) is 0 Å². The van der Waals surface area contributed by atoms with Gasteiger partial charge in [-0.2, -0.15) is 8.42 Å². The zero-order chi connectivity index (χ0) is 11.6. The van der Waals surface area contributed by atoms with Gasteiger partial charge < -0.3 is 0 Å². The number of allylic oxidation sites excluding steroid dienone is 2. The zero-order valence-corrected chi connectivity index (χ0v) is 9.08. The molecule has 1 unspecified atom stereocenters. The molecule has 1 atom stereocenters. The highest BCUT2D eigenvalue weighted by Crippen LogP contribution is 2.25. The third kappa shape index (κ3) is 2.12. The van der Waals surface area contributed by atoms with Gasteiger partial charge in [0, 0.05) is 12.4 Å². The predicted molar refractivity (Wildman–Crippen MR) is 58.6 cm³/mol. The Labute approximate surface area is 93.6 Å². The fourth-order valence-corrected chi connectivity index (χ4v) is 2.17. The molecule has 1 aliphatic heterocycles. The molecule has 1 aromatic rings. The van der Waals surface area contributed by atoms with Crippen molar-refractivity contribution in [3.05, 3.63) is 54.5 Å². The summed E-state index contributed by atoms with van der Waals surface area (Å²) in [6, 6.07) is 4.60. The van der Waals surface area contributed by atoms with Crippen LogP contribution in [0.4, 0.5) is 0 Å². The van der Waals surface area contributed by atoms with Gasteiger partial charge >= 0.3 is 10.3 Å². The van der Waals surface area contributed by atoms with Crippen molar-refractivity contribution in [2.75, 3.05) is 0 Å². The van der Waals surface area contributed by atoms with Crippen LogP contribution in [-0.2, 0) is 10.3 Å². The normalized spacial score (nSPS) is 20.1. The Morgan fingerprint density at radius 2 is 2.12 bits per heavy atom. The monoisotopic (exact) mass is 238 g/mol. The minimum Gasteiger partial charge on any atom is -0.269 e. The van der Waals surface area contributed by atoms with Crippen LogP contribution >= 0.6 is 0 Å². The first-order chi connectivity index (χ1) is 7.59. The van der Waals surface area contributed by atoms with Crippen LogP contribution in [0.2, 0.25) is 0 Å². The summed E-state index contributed by atoms with van der Waals surface area (Å²) in [6.07, 6.45) is 7.77. The molecule has 0 fully saturated rings. The van der Waals surface area contributed by atoms with Gasteiger partial charge in [-0.3, -0.25) is 9.54 Å². The zero-order valence-electron chi connectivity index (χ0n) is 8.26. The Bertz CT molecular complexity index is 522. The van der Waals surface area contributed by atoms with Gasteiger partial charge in [-0.25, -0.2) is 4.31 Å². The standard InChI is InChI=1S/C10H10N2O3S/c13-16(14,15)12-8-4-2-6-10(12)9-5-1-3-7-11-9/h1-8,10H,(H,13,14,15). The predicted octanol–water partition coefficient (Wildman–Crippen LogP) is 1.31. The van der Waals surface area contributed by atoms with Crippen LogP contribution in [0.1, 0.15) is 11.7 Å². The second kappa shape index (κ2) is 4.07. The number of aromatic nitrogens is 1. The summed E-state index contributed by atoms with van der Waals surface area (Å²) in [5.41, 5.74) is 0.556.